The van der Waals surface area contributed by atoms with Crippen LogP contribution in [0.2, 0.25) is 5.02 Å². The van der Waals surface area contributed by atoms with Crippen molar-refractivity contribution in [3.05, 3.63) is 82.6 Å². The molecule has 1 N–H and O–H groups in total. The SMILES string of the molecule is Cc1ccc(OCCN2C(=O)COc3ccc(NC(=O)c4c(F)cccc4Cl)cc32)cc1. The predicted molar refractivity (Wildman–Crippen MR) is 120 cm³/mol. The highest BCUT2D eigenvalue weighted by Crippen LogP contribution is 2.35. The zero-order valence-corrected chi connectivity index (χ0v) is 18.0. The predicted octanol–water partition coefficient (Wildman–Crippen LogP) is 4.84. The summed E-state index contributed by atoms with van der Waals surface area (Å²) in [6.07, 6.45) is 0. The van der Waals surface area contributed by atoms with E-state index in [1.54, 1.807) is 23.1 Å². The molecular weight excluding hydrogens is 435 g/mol. The van der Waals surface area contributed by atoms with Gasteiger partial charge >= 0.3 is 0 Å². The van der Waals surface area contributed by atoms with Crippen molar-refractivity contribution in [3.8, 4) is 11.5 Å². The van der Waals surface area contributed by atoms with Crippen molar-refractivity contribution in [1.82, 2.24) is 0 Å². The molecule has 2 amide bonds. The molecule has 1 heterocycles. The Labute approximate surface area is 189 Å². The number of rotatable bonds is 6. The smallest absolute Gasteiger partial charge is 0.265 e. The number of nitrogens with zero attached hydrogens (tertiary/aromatic N) is 1. The number of aryl methyl sites for hydroxylation is 1. The molecule has 0 aromatic heterocycles. The first-order valence-electron chi connectivity index (χ1n) is 9.94. The Bertz CT molecular complexity index is 1150. The first-order valence-corrected chi connectivity index (χ1v) is 10.3. The maximum absolute atomic E-state index is 14.1. The highest BCUT2D eigenvalue weighted by Gasteiger charge is 2.26. The summed E-state index contributed by atoms with van der Waals surface area (Å²) >= 11 is 5.98. The van der Waals surface area contributed by atoms with Crippen molar-refractivity contribution in [2.75, 3.05) is 30.0 Å². The number of halogens is 2. The number of amides is 2. The molecule has 164 valence electrons. The van der Waals surface area contributed by atoms with Crippen molar-refractivity contribution in [3.63, 3.8) is 0 Å². The minimum absolute atomic E-state index is 0.00820. The maximum Gasteiger partial charge on any atom is 0.265 e. The van der Waals surface area contributed by atoms with Gasteiger partial charge in [0.1, 0.15) is 23.9 Å². The van der Waals surface area contributed by atoms with E-state index in [1.165, 1.54) is 12.1 Å². The number of hydrogen-bond acceptors (Lipinski definition) is 4. The Balaban J connectivity index is 1.50. The Kier molecular flexibility index (Phi) is 6.28. The molecule has 0 unspecified atom stereocenters. The molecule has 1 aliphatic heterocycles. The van der Waals surface area contributed by atoms with Crippen molar-refractivity contribution in [2.24, 2.45) is 0 Å². The minimum atomic E-state index is -0.721. The van der Waals surface area contributed by atoms with Gasteiger partial charge in [-0.15, -0.1) is 0 Å². The maximum atomic E-state index is 14.1. The summed E-state index contributed by atoms with van der Waals surface area (Å²) in [7, 11) is 0. The fourth-order valence-electron chi connectivity index (χ4n) is 3.32. The van der Waals surface area contributed by atoms with E-state index >= 15 is 0 Å². The van der Waals surface area contributed by atoms with Crippen molar-refractivity contribution < 1.29 is 23.5 Å². The van der Waals surface area contributed by atoms with Gasteiger partial charge in [0.25, 0.3) is 11.8 Å². The Morgan fingerprint density at radius 3 is 2.72 bits per heavy atom. The zero-order valence-electron chi connectivity index (χ0n) is 17.2. The molecule has 0 radical (unpaired) electrons. The van der Waals surface area contributed by atoms with Crippen molar-refractivity contribution >= 4 is 34.8 Å². The van der Waals surface area contributed by atoms with Gasteiger partial charge in [0, 0.05) is 5.69 Å². The highest BCUT2D eigenvalue weighted by atomic mass is 35.5. The summed E-state index contributed by atoms with van der Waals surface area (Å²) in [5, 5.41) is 2.63. The number of carbonyl (C=O) groups is 2. The van der Waals surface area contributed by atoms with E-state index in [1.807, 2.05) is 31.2 Å². The number of anilines is 2. The van der Waals surface area contributed by atoms with E-state index in [4.69, 9.17) is 21.1 Å². The molecule has 8 heteroatoms. The highest BCUT2D eigenvalue weighted by molar-refractivity contribution is 6.34. The van der Waals surface area contributed by atoms with Crippen LogP contribution in [-0.4, -0.2) is 31.6 Å². The number of benzene rings is 3. The van der Waals surface area contributed by atoms with E-state index < -0.39 is 11.7 Å². The van der Waals surface area contributed by atoms with E-state index in [0.29, 0.717) is 29.4 Å². The number of ether oxygens (including phenoxy) is 2. The number of hydrogen-bond donors (Lipinski definition) is 1. The Morgan fingerprint density at radius 2 is 1.97 bits per heavy atom. The standard InChI is InChI=1S/C24H20ClFN2O4/c1-15-5-8-17(9-6-15)31-12-11-28-20-13-16(7-10-21(20)32-14-22(28)29)27-24(30)23-18(25)3-2-4-19(23)26/h2-10,13H,11-12,14H2,1H3,(H,27,30). The van der Waals surface area contributed by atoms with E-state index in [2.05, 4.69) is 5.32 Å². The molecule has 0 fully saturated rings. The number of fused-ring (bicyclic) bond motifs is 1. The van der Waals surface area contributed by atoms with Crippen LogP contribution in [0.5, 0.6) is 11.5 Å². The third kappa shape index (κ3) is 4.68. The summed E-state index contributed by atoms with van der Waals surface area (Å²) in [5.41, 5.74) is 1.74. The summed E-state index contributed by atoms with van der Waals surface area (Å²) < 4.78 is 25.3. The minimum Gasteiger partial charge on any atom is -0.492 e. The first-order chi connectivity index (χ1) is 15.4. The second-order valence-electron chi connectivity index (χ2n) is 7.23. The monoisotopic (exact) mass is 454 g/mol. The van der Waals surface area contributed by atoms with Gasteiger partial charge in [0.15, 0.2) is 6.61 Å². The average molecular weight is 455 g/mol. The fourth-order valence-corrected chi connectivity index (χ4v) is 3.57. The largest absolute Gasteiger partial charge is 0.492 e. The molecule has 1 aliphatic rings. The van der Waals surface area contributed by atoms with Crippen LogP contribution in [0.25, 0.3) is 0 Å². The molecule has 4 rings (SSSR count). The van der Waals surface area contributed by atoms with Gasteiger partial charge in [-0.05, 0) is 49.4 Å². The van der Waals surface area contributed by atoms with Crippen molar-refractivity contribution in [2.45, 2.75) is 6.92 Å². The summed E-state index contributed by atoms with van der Waals surface area (Å²) in [5.74, 6) is -0.432. The van der Waals surface area contributed by atoms with Crippen LogP contribution in [0.4, 0.5) is 15.8 Å². The molecule has 0 atom stereocenters. The van der Waals surface area contributed by atoms with Gasteiger partial charge in [-0.1, -0.05) is 35.4 Å². The van der Waals surface area contributed by atoms with E-state index in [-0.39, 0.29) is 29.7 Å². The second-order valence-corrected chi connectivity index (χ2v) is 7.64. The second kappa shape index (κ2) is 9.28. The van der Waals surface area contributed by atoms with Crippen molar-refractivity contribution in [1.29, 1.82) is 0 Å². The van der Waals surface area contributed by atoms with Crippen LogP contribution in [0, 0.1) is 12.7 Å². The molecule has 0 spiro atoms. The molecule has 32 heavy (non-hydrogen) atoms. The molecule has 0 bridgehead atoms. The third-order valence-electron chi connectivity index (χ3n) is 4.95. The topological polar surface area (TPSA) is 67.9 Å². The lowest BCUT2D eigenvalue weighted by Crippen LogP contribution is -2.41. The van der Waals surface area contributed by atoms with Crippen LogP contribution in [0.1, 0.15) is 15.9 Å². The van der Waals surface area contributed by atoms with Crippen LogP contribution in [0.15, 0.2) is 60.7 Å². The molecule has 0 aliphatic carbocycles. The van der Waals surface area contributed by atoms with Gasteiger partial charge in [0.2, 0.25) is 0 Å². The number of carbonyl (C=O) groups excluding carboxylic acids is 2. The molecule has 3 aromatic carbocycles. The van der Waals surface area contributed by atoms with Gasteiger partial charge in [0.05, 0.1) is 22.8 Å². The average Bonchev–Trinajstić information content (AvgIpc) is 2.76. The number of nitrogens with one attached hydrogen (secondary N) is 1. The summed E-state index contributed by atoms with van der Waals surface area (Å²) in [4.78, 5) is 26.6. The third-order valence-corrected chi connectivity index (χ3v) is 5.27. The van der Waals surface area contributed by atoms with Gasteiger partial charge in [-0.2, -0.15) is 0 Å². The summed E-state index contributed by atoms with van der Waals surface area (Å²) in [6, 6.07) is 16.5. The van der Waals surface area contributed by atoms with Crippen LogP contribution < -0.4 is 19.7 Å². The molecule has 0 saturated carbocycles. The lowest BCUT2D eigenvalue weighted by molar-refractivity contribution is -0.121. The lowest BCUT2D eigenvalue weighted by atomic mass is 10.1. The lowest BCUT2D eigenvalue weighted by Gasteiger charge is -2.29. The van der Waals surface area contributed by atoms with Gasteiger partial charge < -0.3 is 19.7 Å². The molecule has 3 aromatic rings. The molecule has 0 saturated heterocycles. The van der Waals surface area contributed by atoms with E-state index in [0.717, 1.165) is 11.6 Å². The Morgan fingerprint density at radius 1 is 1.19 bits per heavy atom. The molecule has 6 nitrogen and oxygen atoms in total. The van der Waals surface area contributed by atoms with Crippen LogP contribution in [0.3, 0.4) is 0 Å². The van der Waals surface area contributed by atoms with Crippen LogP contribution >= 0.6 is 11.6 Å². The van der Waals surface area contributed by atoms with Gasteiger partial charge in [-0.3, -0.25) is 9.59 Å². The quantitative estimate of drug-likeness (QED) is 0.578. The van der Waals surface area contributed by atoms with Crippen LogP contribution in [-0.2, 0) is 4.79 Å². The fraction of sp³-hybridized carbons (Fsp3) is 0.167. The first kappa shape index (κ1) is 21.6. The summed E-state index contributed by atoms with van der Waals surface area (Å²) in [6.45, 7) is 2.47. The molecular formula is C24H20ClFN2O4. The zero-order chi connectivity index (χ0) is 22.7. The van der Waals surface area contributed by atoms with Gasteiger partial charge in [-0.25, -0.2) is 4.39 Å². The van der Waals surface area contributed by atoms with E-state index in [9.17, 15) is 14.0 Å². The normalized spacial score (nSPS) is 12.7. The Hall–Kier alpha value is -3.58.